The molecule has 2 rings (SSSR count). The van der Waals surface area contributed by atoms with Crippen molar-refractivity contribution in [2.45, 2.75) is 26.7 Å². The van der Waals surface area contributed by atoms with Crippen LogP contribution < -0.4 is 0 Å². The first-order valence-corrected chi connectivity index (χ1v) is 4.79. The van der Waals surface area contributed by atoms with Crippen molar-refractivity contribution in [3.8, 4) is 0 Å². The zero-order chi connectivity index (χ0) is 8.77. The molecule has 0 N–H and O–H groups in total. The fourth-order valence-electron chi connectivity index (χ4n) is 1.60. The fraction of sp³-hybridized carbons (Fsp3) is 0.556. The zero-order valence-corrected chi connectivity index (χ0v) is 7.99. The summed E-state index contributed by atoms with van der Waals surface area (Å²) >= 11 is 1.35. The third kappa shape index (κ3) is 1.18. The Balaban J connectivity index is 2.45. The summed E-state index contributed by atoms with van der Waals surface area (Å²) in [4.78, 5) is 16.4. The third-order valence-electron chi connectivity index (χ3n) is 2.13. The maximum Gasteiger partial charge on any atom is 0.175 e. The lowest BCUT2D eigenvalue weighted by atomic mass is 9.78. The van der Waals surface area contributed by atoms with E-state index in [1.807, 2.05) is 0 Å². The molecular formula is C9H10NOS. The normalized spacial score (nSPS) is 20.7. The number of ketones is 1. The van der Waals surface area contributed by atoms with E-state index in [0.29, 0.717) is 6.42 Å². The van der Waals surface area contributed by atoms with Gasteiger partial charge in [0.1, 0.15) is 0 Å². The molecule has 0 fully saturated rings. The van der Waals surface area contributed by atoms with Crippen LogP contribution in [0.15, 0.2) is 0 Å². The Hall–Kier alpha value is -0.700. The van der Waals surface area contributed by atoms with Crippen LogP contribution in [-0.4, -0.2) is 10.8 Å². The van der Waals surface area contributed by atoms with Crippen molar-refractivity contribution in [3.63, 3.8) is 0 Å². The van der Waals surface area contributed by atoms with Crippen LogP contribution in [0.1, 0.15) is 35.6 Å². The predicted molar refractivity (Wildman–Crippen MR) is 47.4 cm³/mol. The van der Waals surface area contributed by atoms with Crippen molar-refractivity contribution >= 4 is 17.1 Å². The molecule has 1 aliphatic carbocycles. The van der Waals surface area contributed by atoms with Crippen molar-refractivity contribution < 1.29 is 4.79 Å². The summed E-state index contributed by atoms with van der Waals surface area (Å²) in [6, 6.07) is 0. The number of Topliss-reactive ketones (excluding diaryl/α,β-unsaturated/α-hetero) is 1. The highest BCUT2D eigenvalue weighted by Crippen LogP contribution is 2.35. The summed E-state index contributed by atoms with van der Waals surface area (Å²) in [5.41, 5.74) is 3.81. The first-order chi connectivity index (χ1) is 5.58. The van der Waals surface area contributed by atoms with Gasteiger partial charge in [-0.2, -0.15) is 0 Å². The number of hydrogen-bond acceptors (Lipinski definition) is 3. The third-order valence-corrected chi connectivity index (χ3v) is 2.98. The van der Waals surface area contributed by atoms with E-state index >= 15 is 0 Å². The number of thiazole rings is 1. The van der Waals surface area contributed by atoms with Gasteiger partial charge in [-0.1, -0.05) is 13.8 Å². The van der Waals surface area contributed by atoms with Crippen molar-refractivity contribution in [2.24, 2.45) is 5.41 Å². The second kappa shape index (κ2) is 2.39. The number of nitrogens with zero attached hydrogens (tertiary/aromatic N) is 1. The molecule has 2 nitrogen and oxygen atoms in total. The van der Waals surface area contributed by atoms with Gasteiger partial charge < -0.3 is 0 Å². The van der Waals surface area contributed by atoms with E-state index in [1.165, 1.54) is 11.3 Å². The minimum atomic E-state index is 0.0893. The molecule has 0 saturated heterocycles. The maximum atomic E-state index is 11.5. The van der Waals surface area contributed by atoms with Crippen LogP contribution >= 0.6 is 11.3 Å². The lowest BCUT2D eigenvalue weighted by Crippen LogP contribution is -2.25. The highest BCUT2D eigenvalue weighted by molar-refractivity contribution is 7.11. The number of fused-ring (bicyclic) bond motifs is 1. The fourth-order valence-corrected chi connectivity index (χ4v) is 2.27. The quantitative estimate of drug-likeness (QED) is 0.612. The molecule has 12 heavy (non-hydrogen) atoms. The summed E-state index contributed by atoms with van der Waals surface area (Å²) in [5.74, 6) is 0.236. The molecule has 1 heterocycles. The van der Waals surface area contributed by atoms with Gasteiger partial charge in [-0.25, -0.2) is 4.98 Å². The molecule has 1 aliphatic rings. The number of hydrogen-bond donors (Lipinski definition) is 0. The van der Waals surface area contributed by atoms with Gasteiger partial charge in [0.2, 0.25) is 0 Å². The second-order valence-electron chi connectivity index (χ2n) is 4.02. The summed E-state index contributed by atoms with van der Waals surface area (Å²) in [6.45, 7) is 4.21. The van der Waals surface area contributed by atoms with E-state index in [9.17, 15) is 4.79 Å². The minimum Gasteiger partial charge on any atom is -0.293 e. The molecule has 1 aromatic heterocycles. The average molecular weight is 180 g/mol. The Labute approximate surface area is 75.6 Å². The molecule has 0 spiro atoms. The molecule has 3 heteroatoms. The largest absolute Gasteiger partial charge is 0.293 e. The van der Waals surface area contributed by atoms with E-state index < -0.39 is 0 Å². The maximum absolute atomic E-state index is 11.5. The Morgan fingerprint density at radius 3 is 3.00 bits per heavy atom. The van der Waals surface area contributed by atoms with Crippen molar-refractivity contribution in [1.82, 2.24) is 4.98 Å². The standard InChI is InChI=1S/C9H10NOS/c1-9(2)3-6-8(7(11)4-9)12-5-10-6/h3-4H2,1-2H3. The van der Waals surface area contributed by atoms with Gasteiger partial charge in [-0.15, -0.1) is 11.3 Å². The smallest absolute Gasteiger partial charge is 0.175 e. The Bertz CT molecular complexity index is 327. The molecule has 0 aliphatic heterocycles. The first-order valence-electron chi connectivity index (χ1n) is 3.97. The monoisotopic (exact) mass is 180 g/mol. The van der Waals surface area contributed by atoms with Crippen LogP contribution in [0.3, 0.4) is 0 Å². The lowest BCUT2D eigenvalue weighted by Gasteiger charge is -2.26. The number of carbonyl (C=O) groups excluding carboxylic acids is 1. The molecule has 0 bridgehead atoms. The lowest BCUT2D eigenvalue weighted by molar-refractivity contribution is 0.0916. The van der Waals surface area contributed by atoms with Crippen molar-refractivity contribution in [3.05, 3.63) is 16.1 Å². The van der Waals surface area contributed by atoms with Crippen molar-refractivity contribution in [1.29, 1.82) is 0 Å². The molecule has 0 amide bonds. The summed E-state index contributed by atoms with van der Waals surface area (Å²) < 4.78 is 0. The molecule has 63 valence electrons. The van der Waals surface area contributed by atoms with E-state index in [4.69, 9.17) is 0 Å². The van der Waals surface area contributed by atoms with E-state index in [-0.39, 0.29) is 11.2 Å². The topological polar surface area (TPSA) is 30.0 Å². The van der Waals surface area contributed by atoms with Crippen LogP contribution in [0.5, 0.6) is 0 Å². The van der Waals surface area contributed by atoms with Gasteiger partial charge >= 0.3 is 0 Å². The van der Waals surface area contributed by atoms with Crippen LogP contribution in [0.2, 0.25) is 0 Å². The van der Waals surface area contributed by atoms with E-state index in [2.05, 4.69) is 24.3 Å². The molecule has 0 unspecified atom stereocenters. The summed E-state index contributed by atoms with van der Waals surface area (Å²) in [6.07, 6.45) is 1.56. The van der Waals surface area contributed by atoms with Gasteiger partial charge in [0, 0.05) is 6.42 Å². The van der Waals surface area contributed by atoms with Crippen molar-refractivity contribution in [2.75, 3.05) is 0 Å². The van der Waals surface area contributed by atoms with Gasteiger partial charge in [0.15, 0.2) is 11.3 Å². The minimum absolute atomic E-state index is 0.0893. The molecule has 1 radical (unpaired) electrons. The van der Waals surface area contributed by atoms with Crippen LogP contribution in [0.25, 0.3) is 0 Å². The highest BCUT2D eigenvalue weighted by Gasteiger charge is 2.32. The van der Waals surface area contributed by atoms with Gasteiger partial charge in [0.25, 0.3) is 0 Å². The Morgan fingerprint density at radius 2 is 2.25 bits per heavy atom. The summed E-state index contributed by atoms with van der Waals surface area (Å²) in [7, 11) is 0. The Morgan fingerprint density at radius 1 is 1.50 bits per heavy atom. The van der Waals surface area contributed by atoms with E-state index in [1.54, 1.807) is 0 Å². The zero-order valence-electron chi connectivity index (χ0n) is 7.18. The van der Waals surface area contributed by atoms with Crippen LogP contribution in [0, 0.1) is 10.9 Å². The SMILES string of the molecule is CC1(C)CC(=O)c2s[c]nc2C1. The first kappa shape index (κ1) is 7.92. The molecule has 0 aromatic carbocycles. The summed E-state index contributed by atoms with van der Waals surface area (Å²) in [5, 5.41) is 0. The number of rotatable bonds is 0. The van der Waals surface area contributed by atoms with Crippen LogP contribution in [-0.2, 0) is 6.42 Å². The Kier molecular flexibility index (Phi) is 1.58. The number of carbonyl (C=O) groups is 1. The molecule has 0 atom stereocenters. The second-order valence-corrected chi connectivity index (χ2v) is 4.82. The predicted octanol–water partition coefficient (Wildman–Crippen LogP) is 2.10. The van der Waals surface area contributed by atoms with E-state index in [0.717, 1.165) is 17.0 Å². The molecular weight excluding hydrogens is 170 g/mol. The van der Waals surface area contributed by atoms with Gasteiger partial charge in [-0.05, 0) is 11.8 Å². The molecule has 0 saturated carbocycles. The average Bonchev–Trinajstić information content (AvgIpc) is 2.31. The highest BCUT2D eigenvalue weighted by atomic mass is 32.1. The van der Waals surface area contributed by atoms with Crippen LogP contribution in [0.4, 0.5) is 0 Å². The number of aromatic nitrogens is 1. The van der Waals surface area contributed by atoms with Gasteiger partial charge in [0.05, 0.1) is 10.6 Å². The molecule has 1 aromatic rings. The van der Waals surface area contributed by atoms with Gasteiger partial charge in [-0.3, -0.25) is 4.79 Å².